The highest BCUT2D eigenvalue weighted by molar-refractivity contribution is 5.75. The van der Waals surface area contributed by atoms with Gasteiger partial charge < -0.3 is 5.32 Å². The fourth-order valence-electron chi connectivity index (χ4n) is 2.36. The van der Waals surface area contributed by atoms with E-state index in [1.54, 1.807) is 13.0 Å². The summed E-state index contributed by atoms with van der Waals surface area (Å²) in [6.07, 6.45) is -3.20. The first kappa shape index (κ1) is 16.9. The molecule has 0 amide bonds. The quantitative estimate of drug-likeness (QED) is 0.730. The van der Waals surface area contributed by atoms with Gasteiger partial charge in [-0.1, -0.05) is 0 Å². The number of benzene rings is 1. The van der Waals surface area contributed by atoms with Crippen LogP contribution in [0.4, 0.5) is 29.2 Å². The monoisotopic (exact) mass is 352 g/mol. The van der Waals surface area contributed by atoms with E-state index in [0.29, 0.717) is 35.8 Å². The average Bonchev–Trinajstić information content (AvgIpc) is 2.55. The van der Waals surface area contributed by atoms with Gasteiger partial charge in [0.25, 0.3) is 5.56 Å². The molecule has 0 aliphatic heterocycles. The van der Waals surface area contributed by atoms with Gasteiger partial charge in [-0.3, -0.25) is 9.36 Å². The Morgan fingerprint density at radius 3 is 2.64 bits per heavy atom. The molecule has 3 aromatic rings. The van der Waals surface area contributed by atoms with Crippen LogP contribution in [0.2, 0.25) is 0 Å². The number of alkyl halides is 3. The lowest BCUT2D eigenvalue weighted by molar-refractivity contribution is -0.137. The molecule has 0 atom stereocenters. The maximum absolute atomic E-state index is 13.8. The summed E-state index contributed by atoms with van der Waals surface area (Å²) >= 11 is 0. The van der Waals surface area contributed by atoms with Crippen LogP contribution in [0.5, 0.6) is 0 Å². The van der Waals surface area contributed by atoms with Gasteiger partial charge in [0.05, 0.1) is 11.3 Å². The molecule has 0 aliphatic carbocycles. The summed E-state index contributed by atoms with van der Waals surface area (Å²) in [5, 5.41) is 3.02. The highest BCUT2D eigenvalue weighted by Gasteiger charge is 2.31. The van der Waals surface area contributed by atoms with Crippen molar-refractivity contribution in [1.29, 1.82) is 0 Å². The molecule has 0 saturated heterocycles. The first-order valence-electron chi connectivity index (χ1n) is 7.30. The Kier molecular flexibility index (Phi) is 4.15. The summed E-state index contributed by atoms with van der Waals surface area (Å²) < 4.78 is 53.5. The van der Waals surface area contributed by atoms with Gasteiger partial charge in [-0.25, -0.2) is 9.37 Å². The molecule has 1 N–H and O–H groups in total. The third-order valence-electron chi connectivity index (χ3n) is 3.58. The van der Waals surface area contributed by atoms with Crippen molar-refractivity contribution in [1.82, 2.24) is 14.5 Å². The second-order valence-electron chi connectivity index (χ2n) is 5.21. The summed E-state index contributed by atoms with van der Waals surface area (Å²) in [7, 11) is 0. The maximum atomic E-state index is 13.8. The standard InChI is InChI=1S/C16H12F4N4O/c1-2-24-13(25)6-3-9-8-21-15(23-14(9)24)22-12-7-10(16(18,19)20)4-5-11(12)17/h3-8H,2H2,1H3,(H,21,22,23). The predicted molar refractivity (Wildman–Crippen MR) is 84.2 cm³/mol. The topological polar surface area (TPSA) is 59.8 Å². The molecule has 130 valence electrons. The zero-order valence-electron chi connectivity index (χ0n) is 12.9. The fourth-order valence-corrected chi connectivity index (χ4v) is 2.36. The minimum atomic E-state index is -4.60. The molecule has 2 heterocycles. The van der Waals surface area contributed by atoms with Crippen LogP contribution >= 0.6 is 0 Å². The van der Waals surface area contributed by atoms with Crippen LogP contribution < -0.4 is 10.9 Å². The van der Waals surface area contributed by atoms with Crippen LogP contribution in [-0.4, -0.2) is 14.5 Å². The molecule has 1 aromatic carbocycles. The van der Waals surface area contributed by atoms with E-state index in [9.17, 15) is 22.4 Å². The van der Waals surface area contributed by atoms with Gasteiger partial charge in [-0.05, 0) is 31.2 Å². The number of rotatable bonds is 3. The van der Waals surface area contributed by atoms with Gasteiger partial charge in [0, 0.05) is 24.2 Å². The number of aryl methyl sites for hydroxylation is 1. The number of fused-ring (bicyclic) bond motifs is 1. The number of hydrogen-bond acceptors (Lipinski definition) is 4. The Labute approximate surface area is 139 Å². The largest absolute Gasteiger partial charge is 0.416 e. The summed E-state index contributed by atoms with van der Waals surface area (Å²) in [6, 6.07) is 4.92. The van der Waals surface area contributed by atoms with Crippen molar-refractivity contribution in [2.75, 3.05) is 5.32 Å². The molecule has 0 radical (unpaired) electrons. The second kappa shape index (κ2) is 6.15. The number of pyridine rings is 1. The van der Waals surface area contributed by atoms with E-state index in [1.165, 1.54) is 16.8 Å². The molecule has 3 rings (SSSR count). The van der Waals surface area contributed by atoms with Crippen molar-refractivity contribution in [3.63, 3.8) is 0 Å². The maximum Gasteiger partial charge on any atom is 0.416 e. The Morgan fingerprint density at radius 2 is 1.96 bits per heavy atom. The molecule has 2 aromatic heterocycles. The molecule has 0 fully saturated rings. The summed E-state index contributed by atoms with van der Waals surface area (Å²) in [6.45, 7) is 2.10. The number of anilines is 2. The normalized spacial score (nSPS) is 11.7. The fraction of sp³-hybridized carbons (Fsp3) is 0.188. The van der Waals surface area contributed by atoms with Crippen LogP contribution in [0.1, 0.15) is 12.5 Å². The van der Waals surface area contributed by atoms with E-state index in [2.05, 4.69) is 15.3 Å². The van der Waals surface area contributed by atoms with Gasteiger partial charge in [-0.15, -0.1) is 0 Å². The molecule has 0 saturated carbocycles. The Balaban J connectivity index is 2.05. The van der Waals surface area contributed by atoms with Gasteiger partial charge in [0.1, 0.15) is 11.5 Å². The molecule has 0 aliphatic rings. The molecule has 0 bridgehead atoms. The summed E-state index contributed by atoms with van der Waals surface area (Å²) in [5.74, 6) is -0.990. The van der Waals surface area contributed by atoms with Gasteiger partial charge in [0.2, 0.25) is 5.95 Å². The summed E-state index contributed by atoms with van der Waals surface area (Å²) in [5.41, 5.74) is -1.37. The van der Waals surface area contributed by atoms with E-state index in [1.807, 2.05) is 0 Å². The van der Waals surface area contributed by atoms with E-state index < -0.39 is 23.2 Å². The highest BCUT2D eigenvalue weighted by Crippen LogP contribution is 2.32. The van der Waals surface area contributed by atoms with E-state index in [4.69, 9.17) is 0 Å². The van der Waals surface area contributed by atoms with Crippen molar-refractivity contribution in [3.05, 3.63) is 58.3 Å². The summed E-state index contributed by atoms with van der Waals surface area (Å²) in [4.78, 5) is 19.9. The van der Waals surface area contributed by atoms with Gasteiger partial charge in [-0.2, -0.15) is 18.2 Å². The first-order chi connectivity index (χ1) is 11.8. The first-order valence-corrected chi connectivity index (χ1v) is 7.30. The molecule has 0 spiro atoms. The van der Waals surface area contributed by atoms with Crippen molar-refractivity contribution >= 4 is 22.7 Å². The highest BCUT2D eigenvalue weighted by atomic mass is 19.4. The van der Waals surface area contributed by atoms with Crippen LogP contribution in [0.3, 0.4) is 0 Å². The molecule has 5 nitrogen and oxygen atoms in total. The lowest BCUT2D eigenvalue weighted by Gasteiger charge is -2.12. The molecular weight excluding hydrogens is 340 g/mol. The number of halogens is 4. The van der Waals surface area contributed by atoms with E-state index in [-0.39, 0.29) is 11.5 Å². The molecule has 25 heavy (non-hydrogen) atoms. The average molecular weight is 352 g/mol. The predicted octanol–water partition coefficient (Wildman–Crippen LogP) is 3.71. The van der Waals surface area contributed by atoms with Crippen LogP contribution in [0, 0.1) is 5.82 Å². The lowest BCUT2D eigenvalue weighted by Crippen LogP contribution is -2.19. The number of nitrogens with zero attached hydrogens (tertiary/aromatic N) is 3. The van der Waals surface area contributed by atoms with Gasteiger partial charge in [0.15, 0.2) is 0 Å². The van der Waals surface area contributed by atoms with E-state index >= 15 is 0 Å². The van der Waals surface area contributed by atoms with E-state index in [0.717, 1.165) is 0 Å². The smallest absolute Gasteiger partial charge is 0.322 e. The zero-order chi connectivity index (χ0) is 18.2. The van der Waals surface area contributed by atoms with Crippen molar-refractivity contribution < 1.29 is 17.6 Å². The van der Waals surface area contributed by atoms with Gasteiger partial charge >= 0.3 is 6.18 Å². The van der Waals surface area contributed by atoms with Crippen molar-refractivity contribution in [2.24, 2.45) is 0 Å². The molecule has 9 heteroatoms. The minimum Gasteiger partial charge on any atom is -0.322 e. The third kappa shape index (κ3) is 3.30. The van der Waals surface area contributed by atoms with Crippen molar-refractivity contribution in [3.8, 4) is 0 Å². The minimum absolute atomic E-state index is 0.112. The Morgan fingerprint density at radius 1 is 1.20 bits per heavy atom. The van der Waals surface area contributed by atoms with Crippen LogP contribution in [0.15, 0.2) is 41.3 Å². The second-order valence-corrected chi connectivity index (χ2v) is 5.21. The SMILES string of the molecule is CCn1c(=O)ccc2cnc(Nc3cc(C(F)(F)F)ccc3F)nc21. The van der Waals surface area contributed by atoms with Crippen LogP contribution in [-0.2, 0) is 12.7 Å². The number of aromatic nitrogens is 3. The van der Waals surface area contributed by atoms with Crippen LogP contribution in [0.25, 0.3) is 11.0 Å². The Bertz CT molecular complexity index is 998. The van der Waals surface area contributed by atoms with Crippen molar-refractivity contribution in [2.45, 2.75) is 19.6 Å². The molecular formula is C16H12F4N4O. The lowest BCUT2D eigenvalue weighted by atomic mass is 10.2. The number of nitrogens with one attached hydrogen (secondary N) is 1. The third-order valence-corrected chi connectivity index (χ3v) is 3.58. The zero-order valence-corrected chi connectivity index (χ0v) is 12.9. The Hall–Kier alpha value is -2.97. The molecule has 0 unspecified atom stereocenters. The number of hydrogen-bond donors (Lipinski definition) is 1.